The van der Waals surface area contributed by atoms with Crippen molar-refractivity contribution >= 4 is 10.9 Å². The van der Waals surface area contributed by atoms with Gasteiger partial charge in [0, 0.05) is 5.39 Å². The summed E-state index contributed by atoms with van der Waals surface area (Å²) in [7, 11) is 0. The predicted molar refractivity (Wildman–Crippen MR) is 60.5 cm³/mol. The van der Waals surface area contributed by atoms with Gasteiger partial charge in [0.2, 0.25) is 0 Å². The molecule has 0 unspecified atom stereocenters. The van der Waals surface area contributed by atoms with E-state index in [-0.39, 0.29) is 0 Å². The smallest absolute Gasteiger partial charge is 0.141 e. The second-order valence-corrected chi connectivity index (χ2v) is 3.88. The number of para-hydroxylation sites is 1. The maximum atomic E-state index is 8.81. The zero-order valence-electron chi connectivity index (χ0n) is 8.86. The van der Waals surface area contributed by atoms with Crippen LogP contribution in [-0.4, -0.2) is 4.98 Å². The van der Waals surface area contributed by atoms with Gasteiger partial charge in [-0.1, -0.05) is 32.0 Å². The Morgan fingerprint density at radius 3 is 2.67 bits per heavy atom. The highest BCUT2D eigenvalue weighted by molar-refractivity contribution is 5.82. The van der Waals surface area contributed by atoms with E-state index in [2.05, 4.69) is 31.0 Å². The number of aromatic nitrogens is 1. The van der Waals surface area contributed by atoms with Gasteiger partial charge in [-0.2, -0.15) is 5.26 Å². The minimum Gasteiger partial charge on any atom is -0.237 e. The molecular weight excluding hydrogens is 184 g/mol. The van der Waals surface area contributed by atoms with Crippen LogP contribution in [0.4, 0.5) is 0 Å². The van der Waals surface area contributed by atoms with Crippen molar-refractivity contribution in [1.29, 1.82) is 5.26 Å². The average Bonchev–Trinajstić information content (AvgIpc) is 2.27. The number of hydrogen-bond donors (Lipinski definition) is 0. The molecule has 2 nitrogen and oxygen atoms in total. The molecule has 0 aliphatic rings. The van der Waals surface area contributed by atoms with E-state index in [1.165, 1.54) is 5.56 Å². The summed E-state index contributed by atoms with van der Waals surface area (Å²) in [6, 6.07) is 11.9. The molecule has 0 bridgehead atoms. The van der Waals surface area contributed by atoms with E-state index < -0.39 is 0 Å². The molecule has 74 valence electrons. The van der Waals surface area contributed by atoms with Crippen LogP contribution in [0, 0.1) is 11.3 Å². The molecule has 1 aromatic heterocycles. The topological polar surface area (TPSA) is 36.7 Å². The lowest BCUT2D eigenvalue weighted by atomic mass is 9.99. The van der Waals surface area contributed by atoms with Gasteiger partial charge in [-0.15, -0.1) is 0 Å². The first-order chi connectivity index (χ1) is 7.22. The van der Waals surface area contributed by atoms with E-state index in [1.807, 2.05) is 18.2 Å². The predicted octanol–water partition coefficient (Wildman–Crippen LogP) is 3.23. The van der Waals surface area contributed by atoms with Crippen molar-refractivity contribution in [1.82, 2.24) is 4.98 Å². The lowest BCUT2D eigenvalue weighted by molar-refractivity contribution is 0.872. The maximum Gasteiger partial charge on any atom is 0.141 e. The Bertz CT molecular complexity index is 536. The van der Waals surface area contributed by atoms with Crippen LogP contribution in [0.1, 0.15) is 31.0 Å². The highest BCUT2D eigenvalue weighted by atomic mass is 14.7. The molecule has 0 spiro atoms. The first-order valence-corrected chi connectivity index (χ1v) is 5.02. The molecule has 15 heavy (non-hydrogen) atoms. The number of nitrogens with zero attached hydrogens (tertiary/aromatic N) is 2. The molecule has 0 N–H and O–H groups in total. The van der Waals surface area contributed by atoms with Gasteiger partial charge in [-0.05, 0) is 23.6 Å². The molecule has 0 saturated heterocycles. The number of nitriles is 1. The molecule has 0 atom stereocenters. The molecule has 1 aromatic carbocycles. The van der Waals surface area contributed by atoms with E-state index in [4.69, 9.17) is 5.26 Å². The van der Waals surface area contributed by atoms with Gasteiger partial charge < -0.3 is 0 Å². The standard InChI is InChI=1S/C13H12N2/c1-9(2)12-5-3-4-10-6-7-11(8-14)15-13(10)12/h3-7,9H,1-2H3. The SMILES string of the molecule is CC(C)c1cccc2ccc(C#N)nc12. The Hall–Kier alpha value is -1.88. The van der Waals surface area contributed by atoms with Crippen LogP contribution >= 0.6 is 0 Å². The third kappa shape index (κ3) is 1.69. The minimum absolute atomic E-state index is 0.426. The minimum atomic E-state index is 0.426. The van der Waals surface area contributed by atoms with Gasteiger partial charge in [0.05, 0.1) is 5.52 Å². The monoisotopic (exact) mass is 196 g/mol. The van der Waals surface area contributed by atoms with Crippen LogP contribution in [0.2, 0.25) is 0 Å². The Morgan fingerprint density at radius 2 is 2.00 bits per heavy atom. The maximum absolute atomic E-state index is 8.81. The summed E-state index contributed by atoms with van der Waals surface area (Å²) in [5, 5.41) is 9.91. The average molecular weight is 196 g/mol. The lowest BCUT2D eigenvalue weighted by Crippen LogP contribution is -1.93. The first-order valence-electron chi connectivity index (χ1n) is 5.02. The summed E-state index contributed by atoms with van der Waals surface area (Å²) in [5.41, 5.74) is 2.63. The van der Waals surface area contributed by atoms with Crippen LogP contribution in [-0.2, 0) is 0 Å². The van der Waals surface area contributed by atoms with Crippen molar-refractivity contribution in [2.45, 2.75) is 19.8 Å². The number of rotatable bonds is 1. The molecule has 2 rings (SSSR count). The highest BCUT2D eigenvalue weighted by Crippen LogP contribution is 2.23. The molecule has 0 amide bonds. The molecule has 1 heterocycles. The fourth-order valence-corrected chi connectivity index (χ4v) is 1.70. The molecule has 0 radical (unpaired) electrons. The summed E-state index contributed by atoms with van der Waals surface area (Å²) in [6.07, 6.45) is 0. The van der Waals surface area contributed by atoms with Gasteiger partial charge in [-0.25, -0.2) is 4.98 Å². The van der Waals surface area contributed by atoms with Gasteiger partial charge in [-0.3, -0.25) is 0 Å². The van der Waals surface area contributed by atoms with Crippen molar-refractivity contribution in [3.05, 3.63) is 41.6 Å². The van der Waals surface area contributed by atoms with E-state index >= 15 is 0 Å². The van der Waals surface area contributed by atoms with Crippen molar-refractivity contribution in [2.75, 3.05) is 0 Å². The second-order valence-electron chi connectivity index (χ2n) is 3.88. The van der Waals surface area contributed by atoms with Gasteiger partial charge in [0.15, 0.2) is 0 Å². The van der Waals surface area contributed by atoms with E-state index in [0.29, 0.717) is 11.6 Å². The van der Waals surface area contributed by atoms with Crippen LogP contribution in [0.3, 0.4) is 0 Å². The Morgan fingerprint density at radius 1 is 1.20 bits per heavy atom. The second kappa shape index (κ2) is 3.70. The number of hydrogen-bond acceptors (Lipinski definition) is 2. The Kier molecular flexibility index (Phi) is 2.39. The van der Waals surface area contributed by atoms with Crippen molar-refractivity contribution in [3.63, 3.8) is 0 Å². The lowest BCUT2D eigenvalue weighted by Gasteiger charge is -2.08. The van der Waals surface area contributed by atoms with E-state index in [9.17, 15) is 0 Å². The normalized spacial score (nSPS) is 10.5. The van der Waals surface area contributed by atoms with Crippen molar-refractivity contribution in [3.8, 4) is 6.07 Å². The van der Waals surface area contributed by atoms with Crippen LogP contribution in [0.15, 0.2) is 30.3 Å². The Labute approximate surface area is 89.2 Å². The highest BCUT2D eigenvalue weighted by Gasteiger charge is 2.06. The summed E-state index contributed by atoms with van der Waals surface area (Å²) >= 11 is 0. The summed E-state index contributed by atoms with van der Waals surface area (Å²) in [6.45, 7) is 4.27. The van der Waals surface area contributed by atoms with E-state index in [0.717, 1.165) is 10.9 Å². The molecule has 0 saturated carbocycles. The van der Waals surface area contributed by atoms with Gasteiger partial charge in [0.1, 0.15) is 11.8 Å². The summed E-state index contributed by atoms with van der Waals surface area (Å²) < 4.78 is 0. The van der Waals surface area contributed by atoms with Crippen molar-refractivity contribution in [2.24, 2.45) is 0 Å². The quantitative estimate of drug-likeness (QED) is 0.702. The van der Waals surface area contributed by atoms with Gasteiger partial charge >= 0.3 is 0 Å². The molecule has 0 aliphatic carbocycles. The van der Waals surface area contributed by atoms with Crippen LogP contribution < -0.4 is 0 Å². The number of pyridine rings is 1. The fraction of sp³-hybridized carbons (Fsp3) is 0.231. The number of benzene rings is 1. The Balaban J connectivity index is 2.77. The summed E-state index contributed by atoms with van der Waals surface area (Å²) in [5.74, 6) is 0.426. The number of fused-ring (bicyclic) bond motifs is 1. The van der Waals surface area contributed by atoms with Gasteiger partial charge in [0.25, 0.3) is 0 Å². The molecular formula is C13H12N2. The van der Waals surface area contributed by atoms with E-state index in [1.54, 1.807) is 6.07 Å². The largest absolute Gasteiger partial charge is 0.237 e. The molecule has 0 fully saturated rings. The third-order valence-electron chi connectivity index (χ3n) is 2.49. The van der Waals surface area contributed by atoms with Crippen molar-refractivity contribution < 1.29 is 0 Å². The fourth-order valence-electron chi connectivity index (χ4n) is 1.70. The zero-order chi connectivity index (χ0) is 10.8. The molecule has 2 heteroatoms. The van der Waals surface area contributed by atoms with Crippen LogP contribution in [0.5, 0.6) is 0 Å². The molecule has 0 aliphatic heterocycles. The zero-order valence-corrected chi connectivity index (χ0v) is 8.86. The third-order valence-corrected chi connectivity index (χ3v) is 2.49. The summed E-state index contributed by atoms with van der Waals surface area (Å²) in [4.78, 5) is 4.35. The molecule has 2 aromatic rings. The first kappa shape index (κ1) is 9.67. The van der Waals surface area contributed by atoms with Crippen LogP contribution in [0.25, 0.3) is 10.9 Å².